The zero-order valence-corrected chi connectivity index (χ0v) is 72.4. The first-order valence-electron chi connectivity index (χ1n) is 43.8. The second-order valence-corrected chi connectivity index (χ2v) is 38.8. The molecular weight excluding hydrogens is 1690 g/mol. The van der Waals surface area contributed by atoms with Crippen LogP contribution in [0.3, 0.4) is 0 Å². The molecule has 1 aromatic rings. The van der Waals surface area contributed by atoms with Crippen molar-refractivity contribution in [2.75, 3.05) is 59.5 Å². The zero-order valence-electron chi connectivity index (χ0n) is 72.4. The minimum atomic E-state index is -2.11. The Bertz CT molecular complexity index is 3970. The van der Waals surface area contributed by atoms with Gasteiger partial charge in [0.1, 0.15) is 146 Å². The Morgan fingerprint density at radius 3 is 1.69 bits per heavy atom. The van der Waals surface area contributed by atoms with Crippen LogP contribution in [0.1, 0.15) is 132 Å². The van der Waals surface area contributed by atoms with Gasteiger partial charge < -0.3 is 182 Å². The van der Waals surface area contributed by atoms with E-state index in [1.165, 1.54) is 6.08 Å². The van der Waals surface area contributed by atoms with Gasteiger partial charge in [0, 0.05) is 19.9 Å². The van der Waals surface area contributed by atoms with E-state index in [9.17, 15) is 106 Å². The highest BCUT2D eigenvalue weighted by molar-refractivity contribution is 5.87. The van der Waals surface area contributed by atoms with Crippen molar-refractivity contribution in [2.45, 2.75) is 341 Å². The summed E-state index contributed by atoms with van der Waals surface area (Å²) in [5, 5.41) is 202. The predicted octanol–water partition coefficient (Wildman–Crippen LogP) is -4.14. The third-order valence-corrected chi connectivity index (χ3v) is 30.1. The van der Waals surface area contributed by atoms with Gasteiger partial charge in [-0.15, -0.1) is 0 Å². The number of benzene rings is 1. The van der Waals surface area contributed by atoms with Crippen molar-refractivity contribution in [2.24, 2.45) is 50.2 Å². The molecule has 8 saturated heterocycles. The molecule has 41 heteroatoms. The molecule has 127 heavy (non-hydrogen) atoms. The number of aliphatic hydroxyl groups excluding tert-OH is 17. The Morgan fingerprint density at radius 2 is 1.05 bits per heavy atom. The first-order chi connectivity index (χ1) is 60.0. The third-order valence-electron chi connectivity index (χ3n) is 30.1. The maximum atomic E-state index is 15.6. The van der Waals surface area contributed by atoms with Crippen molar-refractivity contribution in [1.82, 2.24) is 0 Å². The number of hydrogen-bond donors (Lipinski definition) is 18. The van der Waals surface area contributed by atoms with E-state index < -0.39 is 314 Å². The molecule has 0 radical (unpaired) electrons. The SMILES string of the molecule is CC(=O)OCC1OC(OC2COC(OC3COC(OC4C(OC5C(CO)OC(OC6CCC7(C)C(CCC8(C)C7CC=C7C9CC(C)(C)CCC9(C(=O)OC9OC(CO)C(O)C(O)C9OC9OCC(O)C(OC%10OCC(O)(CO)C%10O)C9O)CCC78C)C6(C)C)C(O)C5O)OCC(O)C4O)C(O)C3O)C(O)C2O)C(OC(=O)/C=C/c2ccccc2)C(O)C1OC(C)=O. The monoisotopic (exact) mass is 1820 g/mol. The molecule has 0 amide bonds. The van der Waals surface area contributed by atoms with Gasteiger partial charge in [0.15, 0.2) is 62.3 Å². The van der Waals surface area contributed by atoms with E-state index in [0.29, 0.717) is 56.9 Å². The molecule has 0 spiro atoms. The summed E-state index contributed by atoms with van der Waals surface area (Å²) < 4.78 is 112. The largest absolute Gasteiger partial charge is 0.463 e. The average molecular weight is 1820 g/mol. The predicted molar refractivity (Wildman–Crippen MR) is 422 cm³/mol. The highest BCUT2D eigenvalue weighted by Gasteiger charge is 2.71. The summed E-state index contributed by atoms with van der Waals surface area (Å²) >= 11 is 0. The number of fused-ring (bicyclic) bond motifs is 7. The fraction of sp³-hybridized carbons (Fsp3) is 0.837. The van der Waals surface area contributed by atoms with E-state index in [4.69, 9.17) is 90.0 Å². The Labute approximate surface area is 732 Å². The summed E-state index contributed by atoms with van der Waals surface area (Å²) in [5.74, 6) is -3.58. The molecule has 18 N–H and O–H groups in total. The van der Waals surface area contributed by atoms with Crippen LogP contribution in [0, 0.1) is 50.2 Å². The quantitative estimate of drug-likeness (QED) is 0.0145. The second-order valence-electron chi connectivity index (χ2n) is 38.8. The highest BCUT2D eigenvalue weighted by Crippen LogP contribution is 2.76. The van der Waals surface area contributed by atoms with Crippen LogP contribution in [0.5, 0.6) is 0 Å². The first kappa shape index (κ1) is 98.3. The maximum Gasteiger partial charge on any atom is 0.331 e. The van der Waals surface area contributed by atoms with Crippen molar-refractivity contribution in [3.8, 4) is 0 Å². The van der Waals surface area contributed by atoms with Crippen molar-refractivity contribution in [1.29, 1.82) is 0 Å². The Hall–Kier alpha value is -4.74. The van der Waals surface area contributed by atoms with Gasteiger partial charge in [0.05, 0.1) is 64.4 Å². The average Bonchev–Trinajstić information content (AvgIpc) is 0.846. The van der Waals surface area contributed by atoms with Gasteiger partial charge in [0.2, 0.25) is 6.29 Å². The molecule has 0 aromatic heterocycles. The van der Waals surface area contributed by atoms with Crippen LogP contribution in [-0.4, -0.2) is 390 Å². The number of ether oxygens (including phenoxy) is 19. The minimum absolute atomic E-state index is 0.0121. The van der Waals surface area contributed by atoms with Gasteiger partial charge in [-0.2, -0.15) is 0 Å². The molecule has 0 bridgehead atoms. The summed E-state index contributed by atoms with van der Waals surface area (Å²) in [5.41, 5.74) is -3.47. The Kier molecular flexibility index (Phi) is 30.1. The molecule has 42 unspecified atom stereocenters. The number of hydrogen-bond acceptors (Lipinski definition) is 41. The lowest BCUT2D eigenvalue weighted by Crippen LogP contribution is -2.67. The lowest BCUT2D eigenvalue weighted by Gasteiger charge is -2.71. The first-order valence-corrected chi connectivity index (χ1v) is 43.8. The van der Waals surface area contributed by atoms with Crippen molar-refractivity contribution < 1.29 is 201 Å². The molecular formula is C86H128O41. The third kappa shape index (κ3) is 19.0. The standard InChI is InChI=1S/C86H128O41/c1-37(90)109-34-48-66(115-38(2)91)62(104)69(122-52(94)18-15-39-13-11-10-12-14-39)76(120-48)119-47-33-112-71(59(101)56(47)98)118-46-32-113-72(60(102)55(46)97)125-67-53(95)42(92)30-111-75(67)124-65-45(29-88)117-74(61(103)58(65)100)121-51-20-21-82(7)49(81(51,5)6)19-22-84(9)50(82)17-16-40-41-27-80(3,4)23-25-85(41,26-24-83(40,84)8)79(107)127-77-68(57(99)54(96)44(28-87)116-77)126-73-63(105)64(43(93)31-110-73)123-78-70(106)86(108,35-89)36-114-78/h10-16,18,41-51,53-78,87-89,92-93,95-106,108H,17,19-36H2,1-9H3/b18-15+. The zero-order chi connectivity index (χ0) is 91.9. The van der Waals surface area contributed by atoms with E-state index in [0.717, 1.165) is 38.3 Å². The Morgan fingerprint density at radius 1 is 0.472 bits per heavy atom. The van der Waals surface area contributed by atoms with E-state index in [1.54, 1.807) is 30.3 Å². The summed E-state index contributed by atoms with van der Waals surface area (Å²) in [4.78, 5) is 53.1. The fourth-order valence-electron chi connectivity index (χ4n) is 22.5. The molecule has 42 atom stereocenters. The van der Waals surface area contributed by atoms with E-state index in [1.807, 2.05) is 0 Å². The lowest BCUT2D eigenvalue weighted by molar-refractivity contribution is -0.383. The normalized spacial score (nSPS) is 48.6. The van der Waals surface area contributed by atoms with Gasteiger partial charge in [-0.05, 0) is 121 Å². The molecule has 14 rings (SSSR count). The van der Waals surface area contributed by atoms with E-state index >= 15 is 4.79 Å². The van der Waals surface area contributed by atoms with Gasteiger partial charge in [0.25, 0.3) is 0 Å². The molecule has 718 valence electrons. The van der Waals surface area contributed by atoms with Crippen molar-refractivity contribution in [3.05, 3.63) is 53.6 Å². The van der Waals surface area contributed by atoms with E-state index in [2.05, 4.69) is 54.5 Å². The van der Waals surface area contributed by atoms with Crippen LogP contribution in [0.4, 0.5) is 0 Å². The van der Waals surface area contributed by atoms with Gasteiger partial charge in [-0.1, -0.05) is 90.4 Å². The second kappa shape index (κ2) is 38.9. The van der Waals surface area contributed by atoms with Crippen LogP contribution in [0.2, 0.25) is 0 Å². The fourth-order valence-corrected chi connectivity index (χ4v) is 22.5. The Balaban J connectivity index is 0.597. The number of rotatable bonds is 25. The molecule has 12 fully saturated rings. The van der Waals surface area contributed by atoms with Crippen LogP contribution in [0.25, 0.3) is 6.08 Å². The summed E-state index contributed by atoms with van der Waals surface area (Å²) in [6.45, 7) is 11.7. The summed E-state index contributed by atoms with van der Waals surface area (Å²) in [6, 6.07) is 8.60. The molecule has 41 nitrogen and oxygen atoms in total. The van der Waals surface area contributed by atoms with Crippen molar-refractivity contribution in [3.63, 3.8) is 0 Å². The number of allylic oxidation sites excluding steroid dienone is 2. The van der Waals surface area contributed by atoms with Crippen LogP contribution in [-0.2, 0) is 109 Å². The van der Waals surface area contributed by atoms with Crippen LogP contribution in [0.15, 0.2) is 48.1 Å². The smallest absolute Gasteiger partial charge is 0.331 e. The number of aliphatic hydroxyl groups is 18. The molecule has 8 aliphatic heterocycles. The lowest BCUT2D eigenvalue weighted by atomic mass is 9.33. The van der Waals surface area contributed by atoms with Gasteiger partial charge in [-0.3, -0.25) is 14.4 Å². The number of esters is 4. The minimum Gasteiger partial charge on any atom is -0.463 e. The highest BCUT2D eigenvalue weighted by atomic mass is 16.8. The molecule has 13 aliphatic rings. The molecule has 8 heterocycles. The molecule has 5 aliphatic carbocycles. The van der Waals surface area contributed by atoms with E-state index in [-0.39, 0.29) is 34.0 Å². The molecule has 4 saturated carbocycles. The topological polar surface area (TPSA) is 608 Å². The molecule has 1 aromatic carbocycles. The van der Waals surface area contributed by atoms with Gasteiger partial charge >= 0.3 is 23.9 Å². The summed E-state index contributed by atoms with van der Waals surface area (Å²) in [6.07, 6.45) is -47.7. The number of carbonyl (C=O) groups is 4. The van der Waals surface area contributed by atoms with Crippen molar-refractivity contribution >= 4 is 30.0 Å². The maximum absolute atomic E-state index is 15.6. The van der Waals surface area contributed by atoms with Crippen LogP contribution >= 0.6 is 0 Å². The summed E-state index contributed by atoms with van der Waals surface area (Å²) in [7, 11) is 0. The van der Waals surface area contributed by atoms with Gasteiger partial charge in [-0.25, -0.2) is 4.79 Å². The van der Waals surface area contributed by atoms with Crippen LogP contribution < -0.4 is 0 Å². The number of carbonyl (C=O) groups excluding carboxylic acids is 4.